The van der Waals surface area contributed by atoms with Crippen molar-refractivity contribution in [1.29, 1.82) is 0 Å². The Morgan fingerprint density at radius 3 is 2.58 bits per heavy atom. The lowest BCUT2D eigenvalue weighted by Gasteiger charge is -2.23. The second-order valence-corrected chi connectivity index (χ2v) is 4.71. The molecule has 1 heterocycles. The summed E-state index contributed by atoms with van der Waals surface area (Å²) in [6, 6.07) is 1.89. The maximum Gasteiger partial charge on any atom is 0.239 e. The second kappa shape index (κ2) is 7.28. The summed E-state index contributed by atoms with van der Waals surface area (Å²) in [4.78, 5) is 14.0. The van der Waals surface area contributed by atoms with E-state index in [2.05, 4.69) is 23.4 Å². The van der Waals surface area contributed by atoms with Crippen LogP contribution in [0.4, 0.5) is 0 Å². The Labute approximate surface area is 116 Å². The first kappa shape index (κ1) is 15.7. The Morgan fingerprint density at radius 1 is 1.42 bits per heavy atom. The van der Waals surface area contributed by atoms with Crippen LogP contribution in [0, 0.1) is 6.92 Å². The summed E-state index contributed by atoms with van der Waals surface area (Å²) >= 11 is 0. The Kier molecular flexibility index (Phi) is 6.02. The van der Waals surface area contributed by atoms with Gasteiger partial charge in [0.25, 0.3) is 0 Å². The highest BCUT2D eigenvalue weighted by Crippen LogP contribution is 2.04. The molecule has 5 heteroatoms. The van der Waals surface area contributed by atoms with Crippen molar-refractivity contribution in [2.45, 2.75) is 53.8 Å². The molecule has 5 nitrogen and oxygen atoms in total. The maximum atomic E-state index is 12.1. The summed E-state index contributed by atoms with van der Waals surface area (Å²) in [7, 11) is 0. The van der Waals surface area contributed by atoms with Crippen LogP contribution in [0.1, 0.15) is 39.1 Å². The smallest absolute Gasteiger partial charge is 0.239 e. The zero-order chi connectivity index (χ0) is 14.4. The number of nitrogens with one attached hydrogen (secondary N) is 1. The van der Waals surface area contributed by atoms with Gasteiger partial charge in [-0.25, -0.2) is 0 Å². The molecule has 1 amide bonds. The normalized spacial score (nSPS) is 12.5. The molecular weight excluding hydrogens is 240 g/mol. The molecule has 1 aromatic heterocycles. The van der Waals surface area contributed by atoms with Crippen LogP contribution in [0.15, 0.2) is 6.07 Å². The SMILES string of the molecule is CCN(CC)C(=O)C(C)NCc1cc(C)nn1CC. The number of carbonyl (C=O) groups is 1. The fourth-order valence-electron chi connectivity index (χ4n) is 2.17. The van der Waals surface area contributed by atoms with E-state index >= 15 is 0 Å². The number of amides is 1. The molecule has 0 fully saturated rings. The predicted molar refractivity (Wildman–Crippen MR) is 76.9 cm³/mol. The van der Waals surface area contributed by atoms with Gasteiger partial charge in [-0.05, 0) is 40.7 Å². The Bertz CT molecular complexity index is 410. The van der Waals surface area contributed by atoms with E-state index in [-0.39, 0.29) is 11.9 Å². The van der Waals surface area contributed by atoms with Gasteiger partial charge < -0.3 is 10.2 Å². The fraction of sp³-hybridized carbons (Fsp3) is 0.714. The molecule has 0 aliphatic heterocycles. The highest BCUT2D eigenvalue weighted by molar-refractivity contribution is 5.81. The minimum Gasteiger partial charge on any atom is -0.342 e. The first-order valence-electron chi connectivity index (χ1n) is 7.08. The average Bonchev–Trinajstić information content (AvgIpc) is 2.77. The van der Waals surface area contributed by atoms with Gasteiger partial charge in [0.2, 0.25) is 5.91 Å². The van der Waals surface area contributed by atoms with E-state index in [4.69, 9.17) is 0 Å². The number of hydrogen-bond donors (Lipinski definition) is 1. The monoisotopic (exact) mass is 266 g/mol. The third-order valence-corrected chi connectivity index (χ3v) is 3.32. The molecule has 0 saturated heterocycles. The van der Waals surface area contributed by atoms with Gasteiger partial charge in [-0.1, -0.05) is 0 Å². The zero-order valence-corrected chi connectivity index (χ0v) is 12.7. The topological polar surface area (TPSA) is 50.2 Å². The quantitative estimate of drug-likeness (QED) is 0.815. The summed E-state index contributed by atoms with van der Waals surface area (Å²) in [6.07, 6.45) is 0. The number of likely N-dealkylation sites (N-methyl/N-ethyl adjacent to an activating group) is 1. The van der Waals surface area contributed by atoms with Gasteiger partial charge in [0, 0.05) is 26.2 Å². The van der Waals surface area contributed by atoms with Crippen molar-refractivity contribution in [2.24, 2.45) is 0 Å². The number of aryl methyl sites for hydroxylation is 2. The van der Waals surface area contributed by atoms with Crippen LogP contribution >= 0.6 is 0 Å². The molecule has 1 aromatic rings. The fourth-order valence-corrected chi connectivity index (χ4v) is 2.17. The molecule has 0 aromatic carbocycles. The maximum absolute atomic E-state index is 12.1. The lowest BCUT2D eigenvalue weighted by Crippen LogP contribution is -2.44. The largest absolute Gasteiger partial charge is 0.342 e. The van der Waals surface area contributed by atoms with E-state index in [1.807, 2.05) is 37.3 Å². The van der Waals surface area contributed by atoms with Crippen molar-refractivity contribution in [3.63, 3.8) is 0 Å². The van der Waals surface area contributed by atoms with E-state index in [0.717, 1.165) is 31.0 Å². The standard InChI is InChI=1S/C14H26N4O/c1-6-17(7-2)14(19)12(5)15-10-13-9-11(4)16-18(13)8-3/h9,12,15H,6-8,10H2,1-5H3. The van der Waals surface area contributed by atoms with Crippen molar-refractivity contribution in [3.05, 3.63) is 17.5 Å². The highest BCUT2D eigenvalue weighted by atomic mass is 16.2. The van der Waals surface area contributed by atoms with E-state index in [1.54, 1.807) is 0 Å². The van der Waals surface area contributed by atoms with Crippen molar-refractivity contribution in [3.8, 4) is 0 Å². The van der Waals surface area contributed by atoms with Crippen LogP contribution in [0.3, 0.4) is 0 Å². The molecule has 1 unspecified atom stereocenters. The van der Waals surface area contributed by atoms with E-state index in [1.165, 1.54) is 0 Å². The van der Waals surface area contributed by atoms with E-state index in [0.29, 0.717) is 6.54 Å². The van der Waals surface area contributed by atoms with Gasteiger partial charge in [0.1, 0.15) is 0 Å². The molecule has 0 spiro atoms. The number of hydrogen-bond acceptors (Lipinski definition) is 3. The van der Waals surface area contributed by atoms with E-state index in [9.17, 15) is 4.79 Å². The molecule has 1 atom stereocenters. The van der Waals surface area contributed by atoms with Gasteiger partial charge in [-0.2, -0.15) is 5.10 Å². The Morgan fingerprint density at radius 2 is 2.05 bits per heavy atom. The van der Waals surface area contributed by atoms with Crippen LogP contribution in [0.5, 0.6) is 0 Å². The van der Waals surface area contributed by atoms with Crippen molar-refractivity contribution in [1.82, 2.24) is 20.0 Å². The first-order chi connectivity index (χ1) is 9.03. The van der Waals surface area contributed by atoms with Crippen LogP contribution in [0.2, 0.25) is 0 Å². The number of rotatable bonds is 7. The average molecular weight is 266 g/mol. The number of nitrogens with zero attached hydrogens (tertiary/aromatic N) is 3. The molecular formula is C14H26N4O. The predicted octanol–water partition coefficient (Wildman–Crippen LogP) is 1.56. The van der Waals surface area contributed by atoms with Crippen LogP contribution < -0.4 is 5.32 Å². The second-order valence-electron chi connectivity index (χ2n) is 4.71. The lowest BCUT2D eigenvalue weighted by molar-refractivity contribution is -0.132. The molecule has 0 aliphatic rings. The summed E-state index contributed by atoms with van der Waals surface area (Å²) < 4.78 is 1.97. The molecule has 0 bridgehead atoms. The summed E-state index contributed by atoms with van der Waals surface area (Å²) in [5.41, 5.74) is 2.14. The third kappa shape index (κ3) is 4.06. The van der Waals surface area contributed by atoms with Gasteiger partial charge >= 0.3 is 0 Å². The zero-order valence-electron chi connectivity index (χ0n) is 12.7. The van der Waals surface area contributed by atoms with Crippen LogP contribution in [-0.4, -0.2) is 39.7 Å². The van der Waals surface area contributed by atoms with E-state index < -0.39 is 0 Å². The van der Waals surface area contributed by atoms with Gasteiger partial charge in [-0.3, -0.25) is 9.48 Å². The van der Waals surface area contributed by atoms with Gasteiger partial charge in [0.05, 0.1) is 17.4 Å². The van der Waals surface area contributed by atoms with Crippen LogP contribution in [-0.2, 0) is 17.9 Å². The van der Waals surface area contributed by atoms with Crippen molar-refractivity contribution < 1.29 is 4.79 Å². The summed E-state index contributed by atoms with van der Waals surface area (Å²) in [6.45, 7) is 13.0. The van der Waals surface area contributed by atoms with Crippen molar-refractivity contribution in [2.75, 3.05) is 13.1 Å². The Hall–Kier alpha value is -1.36. The summed E-state index contributed by atoms with van der Waals surface area (Å²) in [5.74, 6) is 0.157. The molecule has 0 radical (unpaired) electrons. The van der Waals surface area contributed by atoms with Gasteiger partial charge in [-0.15, -0.1) is 0 Å². The number of aromatic nitrogens is 2. The molecule has 1 rings (SSSR count). The van der Waals surface area contributed by atoms with Crippen LogP contribution in [0.25, 0.3) is 0 Å². The summed E-state index contributed by atoms with van der Waals surface area (Å²) in [5, 5.41) is 7.68. The Balaban J connectivity index is 2.58. The lowest BCUT2D eigenvalue weighted by atomic mass is 10.2. The molecule has 19 heavy (non-hydrogen) atoms. The molecule has 0 aliphatic carbocycles. The molecule has 1 N–H and O–H groups in total. The van der Waals surface area contributed by atoms with Crippen molar-refractivity contribution >= 4 is 5.91 Å². The third-order valence-electron chi connectivity index (χ3n) is 3.32. The minimum absolute atomic E-state index is 0.157. The highest BCUT2D eigenvalue weighted by Gasteiger charge is 2.17. The number of carbonyl (C=O) groups excluding carboxylic acids is 1. The minimum atomic E-state index is -0.166. The first-order valence-corrected chi connectivity index (χ1v) is 7.08. The molecule has 0 saturated carbocycles. The van der Waals surface area contributed by atoms with Gasteiger partial charge in [0.15, 0.2) is 0 Å². The molecule has 108 valence electrons.